The molecule has 3 heteroatoms. The number of hydrogen-bond acceptors (Lipinski definition) is 1. The molecule has 1 aromatic carbocycles. The average Bonchev–Trinajstić information content (AvgIpc) is 2.67. The van der Waals surface area contributed by atoms with Gasteiger partial charge in [-0.3, -0.25) is 0 Å². The number of halogens is 1. The number of aromatic nitrogens is 2. The molecular weight excluding hydrogens is 184 g/mol. The lowest BCUT2D eigenvalue weighted by molar-refractivity contribution is 0.880. The first-order valence-corrected chi connectivity index (χ1v) is 4.58. The van der Waals surface area contributed by atoms with Gasteiger partial charge in [0.05, 0.1) is 17.8 Å². The molecule has 0 atom stereocenters. The Morgan fingerprint density at radius 2 is 2.00 bits per heavy atom. The largest absolute Gasteiger partial charge is 0.241 e. The summed E-state index contributed by atoms with van der Waals surface area (Å²) in [6.45, 7) is 0. The minimum absolute atomic E-state index is 0.507. The van der Waals surface area contributed by atoms with Crippen LogP contribution in [0.5, 0.6) is 0 Å². The standard InChI is InChI=1S/C10H9ClN2/c11-6-9-7-12-13(8-9)10-4-2-1-3-5-10/h1-5,7-8H,6H2. The Morgan fingerprint density at radius 3 is 2.62 bits per heavy atom. The van der Waals surface area contributed by atoms with Gasteiger partial charge < -0.3 is 0 Å². The predicted molar refractivity (Wildman–Crippen MR) is 53.1 cm³/mol. The molecule has 13 heavy (non-hydrogen) atoms. The van der Waals surface area contributed by atoms with Gasteiger partial charge in [-0.1, -0.05) is 18.2 Å². The van der Waals surface area contributed by atoms with Crippen molar-refractivity contribution in [2.24, 2.45) is 0 Å². The van der Waals surface area contributed by atoms with Gasteiger partial charge in [0.15, 0.2) is 0 Å². The molecule has 0 saturated carbocycles. The molecular formula is C10H9ClN2. The van der Waals surface area contributed by atoms with Crippen molar-refractivity contribution in [2.45, 2.75) is 5.88 Å². The van der Waals surface area contributed by atoms with Crippen molar-refractivity contribution >= 4 is 11.6 Å². The molecule has 0 saturated heterocycles. The topological polar surface area (TPSA) is 17.8 Å². The minimum Gasteiger partial charge on any atom is -0.241 e. The average molecular weight is 193 g/mol. The number of benzene rings is 1. The van der Waals surface area contributed by atoms with Gasteiger partial charge in [0.1, 0.15) is 0 Å². The van der Waals surface area contributed by atoms with Crippen molar-refractivity contribution in [1.82, 2.24) is 9.78 Å². The maximum atomic E-state index is 5.67. The molecule has 2 rings (SSSR count). The summed E-state index contributed by atoms with van der Waals surface area (Å²) in [5.74, 6) is 0.507. The molecule has 0 radical (unpaired) electrons. The van der Waals surface area contributed by atoms with E-state index in [0.29, 0.717) is 5.88 Å². The van der Waals surface area contributed by atoms with E-state index in [0.717, 1.165) is 11.3 Å². The highest BCUT2D eigenvalue weighted by atomic mass is 35.5. The number of para-hydroxylation sites is 1. The second-order valence-electron chi connectivity index (χ2n) is 2.76. The first-order valence-electron chi connectivity index (χ1n) is 4.05. The van der Waals surface area contributed by atoms with Crippen LogP contribution >= 0.6 is 11.6 Å². The van der Waals surface area contributed by atoms with Crippen molar-refractivity contribution in [3.05, 3.63) is 48.3 Å². The highest BCUT2D eigenvalue weighted by molar-refractivity contribution is 6.17. The highest BCUT2D eigenvalue weighted by Crippen LogP contribution is 2.08. The Hall–Kier alpha value is -1.28. The lowest BCUT2D eigenvalue weighted by atomic mass is 10.3. The Balaban J connectivity index is 2.36. The summed E-state index contributed by atoms with van der Waals surface area (Å²) < 4.78 is 1.82. The first-order chi connectivity index (χ1) is 6.40. The zero-order chi connectivity index (χ0) is 9.10. The van der Waals surface area contributed by atoms with E-state index < -0.39 is 0 Å². The molecule has 0 aliphatic heterocycles. The molecule has 2 aromatic rings. The summed E-state index contributed by atoms with van der Waals surface area (Å²) in [7, 11) is 0. The fraction of sp³-hybridized carbons (Fsp3) is 0.100. The number of hydrogen-bond donors (Lipinski definition) is 0. The lowest BCUT2D eigenvalue weighted by Crippen LogP contribution is -1.92. The van der Waals surface area contributed by atoms with Crippen LogP contribution in [0.2, 0.25) is 0 Å². The predicted octanol–water partition coefficient (Wildman–Crippen LogP) is 2.61. The third kappa shape index (κ3) is 1.73. The molecule has 0 N–H and O–H groups in total. The summed E-state index contributed by atoms with van der Waals surface area (Å²) >= 11 is 5.67. The summed E-state index contributed by atoms with van der Waals surface area (Å²) in [5.41, 5.74) is 2.09. The van der Waals surface area contributed by atoms with Crippen LogP contribution in [0.1, 0.15) is 5.56 Å². The maximum Gasteiger partial charge on any atom is 0.0645 e. The molecule has 0 bridgehead atoms. The Kier molecular flexibility index (Phi) is 2.32. The molecule has 0 aliphatic rings. The molecule has 2 nitrogen and oxygen atoms in total. The van der Waals surface area contributed by atoms with Gasteiger partial charge in [-0.2, -0.15) is 5.10 Å². The summed E-state index contributed by atoms with van der Waals surface area (Å²) in [6.07, 6.45) is 3.71. The van der Waals surface area contributed by atoms with E-state index in [1.807, 2.05) is 41.2 Å². The van der Waals surface area contributed by atoms with E-state index in [2.05, 4.69) is 5.10 Å². The quantitative estimate of drug-likeness (QED) is 0.669. The van der Waals surface area contributed by atoms with Crippen LogP contribution in [0.4, 0.5) is 0 Å². The third-order valence-corrected chi connectivity index (χ3v) is 2.12. The van der Waals surface area contributed by atoms with Gasteiger partial charge in [0.2, 0.25) is 0 Å². The van der Waals surface area contributed by atoms with Crippen LogP contribution < -0.4 is 0 Å². The van der Waals surface area contributed by atoms with E-state index in [4.69, 9.17) is 11.6 Å². The molecule has 0 amide bonds. The van der Waals surface area contributed by atoms with E-state index in [-0.39, 0.29) is 0 Å². The van der Waals surface area contributed by atoms with Crippen molar-refractivity contribution < 1.29 is 0 Å². The second-order valence-corrected chi connectivity index (χ2v) is 3.03. The van der Waals surface area contributed by atoms with E-state index >= 15 is 0 Å². The minimum atomic E-state index is 0.507. The first kappa shape index (κ1) is 8.32. The molecule has 0 unspecified atom stereocenters. The molecule has 1 heterocycles. The van der Waals surface area contributed by atoms with Gasteiger partial charge in [0, 0.05) is 11.8 Å². The molecule has 0 aliphatic carbocycles. The molecule has 0 fully saturated rings. The summed E-state index contributed by atoms with van der Waals surface area (Å²) in [4.78, 5) is 0. The second kappa shape index (κ2) is 3.62. The Morgan fingerprint density at radius 1 is 1.23 bits per heavy atom. The van der Waals surface area contributed by atoms with E-state index in [9.17, 15) is 0 Å². The van der Waals surface area contributed by atoms with Crippen LogP contribution in [-0.4, -0.2) is 9.78 Å². The van der Waals surface area contributed by atoms with Crippen molar-refractivity contribution in [3.63, 3.8) is 0 Å². The van der Waals surface area contributed by atoms with Crippen molar-refractivity contribution in [2.75, 3.05) is 0 Å². The number of rotatable bonds is 2. The van der Waals surface area contributed by atoms with E-state index in [1.54, 1.807) is 6.20 Å². The van der Waals surface area contributed by atoms with Gasteiger partial charge >= 0.3 is 0 Å². The van der Waals surface area contributed by atoms with Crippen LogP contribution in [-0.2, 0) is 5.88 Å². The molecule has 1 aromatic heterocycles. The number of nitrogens with zero attached hydrogens (tertiary/aromatic N) is 2. The maximum absolute atomic E-state index is 5.67. The fourth-order valence-electron chi connectivity index (χ4n) is 1.15. The van der Waals surface area contributed by atoms with Crippen LogP contribution in [0.15, 0.2) is 42.7 Å². The van der Waals surface area contributed by atoms with Gasteiger partial charge in [-0.25, -0.2) is 4.68 Å². The Bertz CT molecular complexity index is 381. The Labute approximate surface area is 81.8 Å². The van der Waals surface area contributed by atoms with Gasteiger partial charge in [-0.15, -0.1) is 11.6 Å². The van der Waals surface area contributed by atoms with Gasteiger partial charge in [0.25, 0.3) is 0 Å². The zero-order valence-electron chi connectivity index (χ0n) is 7.02. The zero-order valence-corrected chi connectivity index (χ0v) is 7.78. The third-order valence-electron chi connectivity index (χ3n) is 1.81. The smallest absolute Gasteiger partial charge is 0.0645 e. The highest BCUT2D eigenvalue weighted by Gasteiger charge is 1.97. The fourth-order valence-corrected chi connectivity index (χ4v) is 1.29. The monoisotopic (exact) mass is 192 g/mol. The lowest BCUT2D eigenvalue weighted by Gasteiger charge is -1.98. The normalized spacial score (nSPS) is 10.2. The van der Waals surface area contributed by atoms with Crippen LogP contribution in [0, 0.1) is 0 Å². The number of alkyl halides is 1. The molecule has 66 valence electrons. The summed E-state index contributed by atoms with van der Waals surface area (Å²) in [5, 5.41) is 4.19. The van der Waals surface area contributed by atoms with Crippen molar-refractivity contribution in [1.29, 1.82) is 0 Å². The van der Waals surface area contributed by atoms with Gasteiger partial charge in [-0.05, 0) is 12.1 Å². The van der Waals surface area contributed by atoms with Crippen molar-refractivity contribution in [3.8, 4) is 5.69 Å². The van der Waals surface area contributed by atoms with E-state index in [1.165, 1.54) is 0 Å². The summed E-state index contributed by atoms with van der Waals surface area (Å²) in [6, 6.07) is 9.96. The van der Waals surface area contributed by atoms with Crippen LogP contribution in [0.3, 0.4) is 0 Å². The van der Waals surface area contributed by atoms with Crippen LogP contribution in [0.25, 0.3) is 5.69 Å². The molecule has 0 spiro atoms. The SMILES string of the molecule is ClCc1cnn(-c2ccccc2)c1.